The number of hydrogen-bond donors (Lipinski definition) is 0. The second-order valence-corrected chi connectivity index (χ2v) is 6.47. The number of benzene rings is 1. The van der Waals surface area contributed by atoms with Crippen LogP contribution in [0.1, 0.15) is 32.4 Å². The molecule has 0 aromatic heterocycles. The fourth-order valence-electron chi connectivity index (χ4n) is 1.62. The molecule has 0 amide bonds. The standard InChI is InChI=1S/C16H18Cl2O5/c1-9(14(19)21-5)13(22-15(20)23-16(2,3)4)10-6-7-11(17)12(18)8-10/h6-8,13H,1H2,2-5H3. The van der Waals surface area contributed by atoms with Crippen LogP contribution in [0.5, 0.6) is 0 Å². The van der Waals surface area contributed by atoms with Gasteiger partial charge in [-0.3, -0.25) is 0 Å². The van der Waals surface area contributed by atoms with E-state index in [4.69, 9.17) is 32.7 Å². The lowest BCUT2D eigenvalue weighted by Gasteiger charge is -2.23. The second-order valence-electron chi connectivity index (χ2n) is 5.65. The van der Waals surface area contributed by atoms with Crippen molar-refractivity contribution in [2.24, 2.45) is 0 Å². The molecule has 126 valence electrons. The Labute approximate surface area is 145 Å². The molecule has 0 N–H and O–H groups in total. The van der Waals surface area contributed by atoms with Crippen molar-refractivity contribution >= 4 is 35.3 Å². The lowest BCUT2D eigenvalue weighted by molar-refractivity contribution is -0.137. The molecule has 0 aliphatic heterocycles. The fraction of sp³-hybridized carbons (Fsp3) is 0.375. The van der Waals surface area contributed by atoms with Crippen LogP contribution in [0, 0.1) is 0 Å². The first-order valence-electron chi connectivity index (χ1n) is 6.67. The maximum absolute atomic E-state index is 11.9. The van der Waals surface area contributed by atoms with E-state index in [0.717, 1.165) is 0 Å². The molecule has 1 atom stereocenters. The highest BCUT2D eigenvalue weighted by atomic mass is 35.5. The third kappa shape index (κ3) is 5.77. The highest BCUT2D eigenvalue weighted by Crippen LogP contribution is 2.31. The molecular weight excluding hydrogens is 343 g/mol. The van der Waals surface area contributed by atoms with Crippen LogP contribution in [0.15, 0.2) is 30.4 Å². The molecule has 1 aromatic rings. The Morgan fingerprint density at radius 2 is 1.78 bits per heavy atom. The fourth-order valence-corrected chi connectivity index (χ4v) is 1.93. The minimum atomic E-state index is -1.10. The summed E-state index contributed by atoms with van der Waals surface area (Å²) in [5.74, 6) is -0.718. The van der Waals surface area contributed by atoms with Crippen molar-refractivity contribution in [1.29, 1.82) is 0 Å². The molecule has 0 bridgehead atoms. The molecule has 7 heteroatoms. The van der Waals surface area contributed by atoms with Crippen LogP contribution in [0.2, 0.25) is 10.0 Å². The first-order chi connectivity index (χ1) is 10.5. The van der Waals surface area contributed by atoms with Crippen molar-refractivity contribution < 1.29 is 23.8 Å². The molecule has 0 radical (unpaired) electrons. The summed E-state index contributed by atoms with van der Waals surface area (Å²) in [6.45, 7) is 8.70. The van der Waals surface area contributed by atoms with Crippen LogP contribution in [-0.4, -0.2) is 24.8 Å². The first-order valence-corrected chi connectivity index (χ1v) is 7.42. The van der Waals surface area contributed by atoms with Gasteiger partial charge in [0.25, 0.3) is 0 Å². The van der Waals surface area contributed by atoms with Crippen molar-refractivity contribution in [1.82, 2.24) is 0 Å². The first kappa shape index (κ1) is 19.3. The summed E-state index contributed by atoms with van der Waals surface area (Å²) in [5, 5.41) is 0.578. The summed E-state index contributed by atoms with van der Waals surface area (Å²) in [5.41, 5.74) is -0.399. The molecule has 0 aliphatic rings. The third-order valence-electron chi connectivity index (χ3n) is 2.61. The van der Waals surface area contributed by atoms with Crippen LogP contribution >= 0.6 is 23.2 Å². The van der Waals surface area contributed by atoms with Gasteiger partial charge in [-0.25, -0.2) is 9.59 Å². The van der Waals surface area contributed by atoms with E-state index in [9.17, 15) is 9.59 Å². The number of hydrogen-bond acceptors (Lipinski definition) is 5. The van der Waals surface area contributed by atoms with Crippen molar-refractivity contribution in [2.75, 3.05) is 7.11 Å². The Morgan fingerprint density at radius 1 is 1.17 bits per heavy atom. The van der Waals surface area contributed by atoms with E-state index < -0.39 is 23.8 Å². The Hall–Kier alpha value is -1.72. The van der Waals surface area contributed by atoms with Crippen molar-refractivity contribution in [3.63, 3.8) is 0 Å². The average molecular weight is 361 g/mol. The molecule has 0 saturated heterocycles. The summed E-state index contributed by atoms with van der Waals surface area (Å²) in [6.07, 6.45) is -2.05. The number of esters is 1. The molecule has 0 heterocycles. The number of carbonyl (C=O) groups excluding carboxylic acids is 2. The van der Waals surface area contributed by atoms with Gasteiger partial charge in [-0.2, -0.15) is 0 Å². The molecule has 5 nitrogen and oxygen atoms in total. The average Bonchev–Trinajstić information content (AvgIpc) is 2.44. The molecule has 0 aliphatic carbocycles. The predicted octanol–water partition coefficient (Wildman–Crippen LogP) is 4.72. The van der Waals surface area contributed by atoms with Gasteiger partial charge < -0.3 is 14.2 Å². The normalized spacial score (nSPS) is 12.3. The highest BCUT2D eigenvalue weighted by molar-refractivity contribution is 6.42. The van der Waals surface area contributed by atoms with Gasteiger partial charge in [0.2, 0.25) is 0 Å². The Balaban J connectivity index is 3.11. The van der Waals surface area contributed by atoms with Gasteiger partial charge >= 0.3 is 12.1 Å². The van der Waals surface area contributed by atoms with Gasteiger partial charge in [0.15, 0.2) is 6.10 Å². The molecule has 0 spiro atoms. The zero-order chi connectivity index (χ0) is 17.8. The summed E-state index contributed by atoms with van der Waals surface area (Å²) in [7, 11) is 1.20. The van der Waals surface area contributed by atoms with Gasteiger partial charge in [0, 0.05) is 0 Å². The number of halogens is 2. The van der Waals surface area contributed by atoms with Gasteiger partial charge in [-0.05, 0) is 38.5 Å². The maximum Gasteiger partial charge on any atom is 0.509 e. The lowest BCUT2D eigenvalue weighted by atomic mass is 10.0. The van der Waals surface area contributed by atoms with Crippen LogP contribution in [-0.2, 0) is 19.0 Å². The largest absolute Gasteiger partial charge is 0.509 e. The molecule has 1 aromatic carbocycles. The molecule has 23 heavy (non-hydrogen) atoms. The summed E-state index contributed by atoms with van der Waals surface area (Å²) >= 11 is 11.8. The minimum Gasteiger partial charge on any atom is -0.466 e. The number of rotatable bonds is 4. The van der Waals surface area contributed by atoms with Gasteiger partial charge in [0.1, 0.15) is 5.60 Å². The molecule has 0 fully saturated rings. The van der Waals surface area contributed by atoms with E-state index in [1.54, 1.807) is 26.8 Å². The Bertz CT molecular complexity index is 619. The summed E-state index contributed by atoms with van der Waals surface area (Å²) in [4.78, 5) is 23.6. The van der Waals surface area contributed by atoms with Crippen LogP contribution in [0.25, 0.3) is 0 Å². The zero-order valence-corrected chi connectivity index (χ0v) is 14.8. The van der Waals surface area contributed by atoms with Crippen molar-refractivity contribution in [3.05, 3.63) is 46.0 Å². The third-order valence-corrected chi connectivity index (χ3v) is 3.35. The molecule has 1 unspecified atom stereocenters. The van der Waals surface area contributed by atoms with E-state index in [0.29, 0.717) is 10.6 Å². The van der Waals surface area contributed by atoms with Crippen LogP contribution in [0.3, 0.4) is 0 Å². The topological polar surface area (TPSA) is 61.8 Å². The Kier molecular flexibility index (Phi) is 6.47. The maximum atomic E-state index is 11.9. The zero-order valence-electron chi connectivity index (χ0n) is 13.3. The Morgan fingerprint density at radius 3 is 2.26 bits per heavy atom. The number of ether oxygens (including phenoxy) is 3. The highest BCUT2D eigenvalue weighted by Gasteiger charge is 2.28. The van der Waals surface area contributed by atoms with E-state index in [2.05, 4.69) is 11.3 Å². The van der Waals surface area contributed by atoms with E-state index in [1.165, 1.54) is 19.2 Å². The monoisotopic (exact) mass is 360 g/mol. The molecular formula is C16H18Cl2O5. The second kappa shape index (κ2) is 7.70. The van der Waals surface area contributed by atoms with Crippen molar-refractivity contribution in [2.45, 2.75) is 32.5 Å². The lowest BCUT2D eigenvalue weighted by Crippen LogP contribution is -2.27. The van der Waals surface area contributed by atoms with Crippen LogP contribution in [0.4, 0.5) is 4.79 Å². The summed E-state index contributed by atoms with van der Waals surface area (Å²) < 4.78 is 14.9. The molecule has 0 saturated carbocycles. The summed E-state index contributed by atoms with van der Waals surface area (Å²) in [6, 6.07) is 4.57. The van der Waals surface area contributed by atoms with Gasteiger partial charge in [0.05, 0.1) is 22.7 Å². The van der Waals surface area contributed by atoms with E-state index in [1.807, 2.05) is 0 Å². The SMILES string of the molecule is C=C(C(=O)OC)C(OC(=O)OC(C)(C)C)c1ccc(Cl)c(Cl)c1. The quantitative estimate of drug-likeness (QED) is 0.574. The number of methoxy groups -OCH3 is 1. The van der Waals surface area contributed by atoms with Crippen LogP contribution < -0.4 is 0 Å². The van der Waals surface area contributed by atoms with Gasteiger partial charge in [-0.1, -0.05) is 35.8 Å². The minimum absolute atomic E-state index is 0.0725. The van der Waals surface area contributed by atoms with Gasteiger partial charge in [-0.15, -0.1) is 0 Å². The number of carbonyl (C=O) groups is 2. The predicted molar refractivity (Wildman–Crippen MR) is 87.7 cm³/mol. The van der Waals surface area contributed by atoms with E-state index >= 15 is 0 Å². The smallest absolute Gasteiger partial charge is 0.466 e. The van der Waals surface area contributed by atoms with E-state index in [-0.39, 0.29) is 10.6 Å². The van der Waals surface area contributed by atoms with Crippen molar-refractivity contribution in [3.8, 4) is 0 Å². The molecule has 1 rings (SSSR count).